The van der Waals surface area contributed by atoms with Crippen LogP contribution in [0, 0.1) is 0 Å². The molecule has 0 saturated carbocycles. The molecule has 0 aromatic carbocycles. The van der Waals surface area contributed by atoms with Crippen LogP contribution < -0.4 is 27.6 Å². The Balaban J connectivity index is 1.67. The summed E-state index contributed by atoms with van der Waals surface area (Å²) in [5, 5.41) is 24.7. The Morgan fingerprint density at radius 1 is 1.11 bits per heavy atom. The van der Waals surface area contributed by atoms with Crippen LogP contribution in [0.2, 0.25) is 0 Å². The normalized spacial score (nSPS) is 19.6. The fraction of sp³-hybridized carbons (Fsp3) is 0.667. The lowest BCUT2D eigenvalue weighted by atomic mass is 10.1. The van der Waals surface area contributed by atoms with Gasteiger partial charge in [0.15, 0.2) is 0 Å². The van der Waals surface area contributed by atoms with E-state index in [1.54, 1.807) is 0 Å². The summed E-state index contributed by atoms with van der Waals surface area (Å²) in [6.45, 7) is 1.38. The lowest BCUT2D eigenvalue weighted by molar-refractivity contribution is -0.121. The third-order valence-corrected chi connectivity index (χ3v) is 5.94. The number of aliphatic hydroxyl groups excluding tert-OH is 2. The van der Waals surface area contributed by atoms with Crippen LogP contribution in [0.5, 0.6) is 0 Å². The zero-order valence-corrected chi connectivity index (χ0v) is 20.6. The van der Waals surface area contributed by atoms with Gasteiger partial charge >= 0.3 is 5.69 Å². The molecule has 2 heterocycles. The summed E-state index contributed by atoms with van der Waals surface area (Å²) in [5.41, 5.74) is 4.15. The Morgan fingerprint density at radius 3 is 2.47 bits per heavy atom. The lowest BCUT2D eigenvalue weighted by Gasteiger charge is -2.14. The van der Waals surface area contributed by atoms with Gasteiger partial charge in [-0.25, -0.2) is 4.79 Å². The minimum absolute atomic E-state index is 0.0723. The molecule has 0 radical (unpaired) electrons. The number of aromatic nitrogens is 2. The summed E-state index contributed by atoms with van der Waals surface area (Å²) in [4.78, 5) is 50.2. The molecule has 36 heavy (non-hydrogen) atoms. The van der Waals surface area contributed by atoms with Gasteiger partial charge in [-0.1, -0.05) is 19.3 Å². The number of H-pyrrole nitrogens is 1. The maximum absolute atomic E-state index is 12.1. The van der Waals surface area contributed by atoms with Crippen LogP contribution in [0.25, 0.3) is 6.08 Å². The van der Waals surface area contributed by atoms with Gasteiger partial charge in [-0.2, -0.15) is 0 Å². The van der Waals surface area contributed by atoms with E-state index in [1.807, 2.05) is 0 Å². The maximum Gasteiger partial charge on any atom is 0.330 e. The van der Waals surface area contributed by atoms with Gasteiger partial charge in [0, 0.05) is 38.2 Å². The SMILES string of the molecule is NCCCCCC(=O)NCCCCCCNC(=O)/C=C/c1cn([C@H]2C[C@H](O)[C@@H](CO)O2)c(=O)[nH]c1=O. The first-order valence-electron chi connectivity index (χ1n) is 12.6. The van der Waals surface area contributed by atoms with Crippen molar-refractivity contribution in [1.29, 1.82) is 0 Å². The van der Waals surface area contributed by atoms with E-state index < -0.39 is 36.3 Å². The van der Waals surface area contributed by atoms with Crippen molar-refractivity contribution in [2.24, 2.45) is 5.73 Å². The fourth-order valence-electron chi connectivity index (χ4n) is 3.85. The number of carbonyl (C=O) groups is 2. The van der Waals surface area contributed by atoms with Crippen molar-refractivity contribution in [3.63, 3.8) is 0 Å². The molecule has 1 fully saturated rings. The lowest BCUT2D eigenvalue weighted by Crippen LogP contribution is -2.33. The number of ether oxygens (including phenoxy) is 1. The van der Waals surface area contributed by atoms with Crippen molar-refractivity contribution in [3.05, 3.63) is 38.7 Å². The third-order valence-electron chi connectivity index (χ3n) is 5.94. The average Bonchev–Trinajstić information content (AvgIpc) is 3.23. The van der Waals surface area contributed by atoms with Gasteiger partial charge in [-0.15, -0.1) is 0 Å². The van der Waals surface area contributed by atoms with Gasteiger partial charge in [-0.3, -0.25) is 23.9 Å². The second kappa shape index (κ2) is 16.0. The quantitative estimate of drug-likeness (QED) is 0.127. The van der Waals surface area contributed by atoms with Gasteiger partial charge in [-0.05, 0) is 38.3 Å². The van der Waals surface area contributed by atoms with Gasteiger partial charge in [0.1, 0.15) is 12.3 Å². The maximum atomic E-state index is 12.1. The summed E-state index contributed by atoms with van der Waals surface area (Å²) in [5.74, 6) is -0.301. The van der Waals surface area contributed by atoms with Crippen LogP contribution in [0.3, 0.4) is 0 Å². The topological polar surface area (TPSA) is 189 Å². The van der Waals surface area contributed by atoms with E-state index in [4.69, 9.17) is 10.5 Å². The van der Waals surface area contributed by atoms with Crippen molar-refractivity contribution in [3.8, 4) is 0 Å². The van der Waals surface area contributed by atoms with E-state index in [0.29, 0.717) is 26.1 Å². The largest absolute Gasteiger partial charge is 0.394 e. The number of nitrogens with zero attached hydrogens (tertiary/aromatic N) is 1. The molecule has 0 unspecified atom stereocenters. The average molecular weight is 510 g/mol. The Labute approximate surface area is 209 Å². The summed E-state index contributed by atoms with van der Waals surface area (Å²) in [6, 6.07) is 0. The zero-order chi connectivity index (χ0) is 26.3. The first-order chi connectivity index (χ1) is 17.3. The van der Waals surface area contributed by atoms with Crippen molar-refractivity contribution in [1.82, 2.24) is 20.2 Å². The minimum Gasteiger partial charge on any atom is -0.394 e. The molecule has 1 aliphatic rings. The summed E-state index contributed by atoms with van der Waals surface area (Å²) in [7, 11) is 0. The van der Waals surface area contributed by atoms with E-state index in [-0.39, 0.29) is 23.8 Å². The summed E-state index contributed by atoms with van der Waals surface area (Å²) < 4.78 is 6.59. The number of hydrogen-bond acceptors (Lipinski definition) is 8. The van der Waals surface area contributed by atoms with Crippen LogP contribution in [-0.2, 0) is 14.3 Å². The molecule has 1 aliphatic heterocycles. The molecular weight excluding hydrogens is 470 g/mol. The molecule has 0 bridgehead atoms. The van der Waals surface area contributed by atoms with E-state index >= 15 is 0 Å². The fourth-order valence-corrected chi connectivity index (χ4v) is 3.85. The number of nitrogens with one attached hydrogen (secondary N) is 3. The summed E-state index contributed by atoms with van der Waals surface area (Å²) >= 11 is 0. The number of hydrogen-bond donors (Lipinski definition) is 6. The van der Waals surface area contributed by atoms with E-state index in [0.717, 1.165) is 49.5 Å². The standard InChI is InChI=1S/C24H39N5O7/c25-11-5-3-4-8-20(32)26-12-6-1-2-7-13-27-21(33)10-9-17-15-29(24(35)28-23(17)34)22-14-18(31)19(16-30)36-22/h9-10,15,18-19,22,30-31H,1-8,11-14,16,25H2,(H,26,32)(H,27,33)(H,28,34,35)/b10-9+/t18-,19+,22+/m0/s1. The van der Waals surface area contributed by atoms with E-state index in [1.165, 1.54) is 18.3 Å². The Kier molecular flexibility index (Phi) is 13.1. The first kappa shape index (κ1) is 29.4. The highest BCUT2D eigenvalue weighted by Crippen LogP contribution is 2.27. The zero-order valence-electron chi connectivity index (χ0n) is 20.6. The Hall–Kier alpha value is -2.80. The van der Waals surface area contributed by atoms with Gasteiger partial charge < -0.3 is 31.3 Å². The molecular formula is C24H39N5O7. The Morgan fingerprint density at radius 2 is 1.81 bits per heavy atom. The number of rotatable bonds is 16. The number of carbonyl (C=O) groups excluding carboxylic acids is 2. The van der Waals surface area contributed by atoms with Crippen molar-refractivity contribution >= 4 is 17.9 Å². The van der Waals surface area contributed by atoms with Crippen molar-refractivity contribution in [2.45, 2.75) is 76.2 Å². The number of aromatic amines is 1. The molecule has 1 aromatic heterocycles. The van der Waals surface area contributed by atoms with Gasteiger partial charge in [0.2, 0.25) is 11.8 Å². The van der Waals surface area contributed by atoms with Crippen LogP contribution >= 0.6 is 0 Å². The monoisotopic (exact) mass is 509 g/mol. The highest BCUT2D eigenvalue weighted by Gasteiger charge is 2.35. The molecule has 3 atom stereocenters. The third kappa shape index (κ3) is 10.1. The van der Waals surface area contributed by atoms with Crippen molar-refractivity contribution in [2.75, 3.05) is 26.2 Å². The second-order valence-corrected chi connectivity index (χ2v) is 8.85. The van der Waals surface area contributed by atoms with E-state index in [2.05, 4.69) is 15.6 Å². The van der Waals surface area contributed by atoms with Crippen LogP contribution in [-0.4, -0.2) is 70.0 Å². The van der Waals surface area contributed by atoms with Crippen molar-refractivity contribution < 1.29 is 24.5 Å². The molecule has 202 valence electrons. The predicted molar refractivity (Wildman–Crippen MR) is 134 cm³/mol. The highest BCUT2D eigenvalue weighted by molar-refractivity contribution is 5.91. The minimum atomic E-state index is -0.932. The highest BCUT2D eigenvalue weighted by atomic mass is 16.5. The molecule has 12 heteroatoms. The van der Waals surface area contributed by atoms with Gasteiger partial charge in [0.25, 0.3) is 5.56 Å². The molecule has 2 amide bonds. The molecule has 1 aromatic rings. The van der Waals surface area contributed by atoms with Crippen LogP contribution in [0.4, 0.5) is 0 Å². The number of amides is 2. The number of unbranched alkanes of at least 4 members (excludes halogenated alkanes) is 5. The summed E-state index contributed by atoms with van der Waals surface area (Å²) in [6.07, 6.45) is 8.10. The van der Waals surface area contributed by atoms with Gasteiger partial charge in [0.05, 0.1) is 18.3 Å². The molecule has 12 nitrogen and oxygen atoms in total. The molecule has 0 spiro atoms. The second-order valence-electron chi connectivity index (χ2n) is 8.85. The number of nitrogens with two attached hydrogens (primary N) is 1. The molecule has 7 N–H and O–H groups in total. The molecule has 1 saturated heterocycles. The first-order valence-corrected chi connectivity index (χ1v) is 12.6. The van der Waals surface area contributed by atoms with E-state index in [9.17, 15) is 29.4 Å². The smallest absolute Gasteiger partial charge is 0.330 e. The van der Waals surface area contributed by atoms with Crippen LogP contribution in [0.15, 0.2) is 21.9 Å². The predicted octanol–water partition coefficient (Wildman–Crippen LogP) is -0.498. The van der Waals surface area contributed by atoms with Crippen LogP contribution in [0.1, 0.15) is 69.6 Å². The number of aliphatic hydroxyl groups is 2. The Bertz CT molecular complexity index is 974. The molecule has 2 rings (SSSR count). The molecule has 0 aliphatic carbocycles.